The van der Waals surface area contributed by atoms with E-state index < -0.39 is 20.7 Å². The number of anilines is 2. The summed E-state index contributed by atoms with van der Waals surface area (Å²) in [6.45, 7) is 1.95. The fraction of sp³-hybridized carbons (Fsp3) is 0.0952. The summed E-state index contributed by atoms with van der Waals surface area (Å²) in [7, 11) is -2.74. The van der Waals surface area contributed by atoms with E-state index in [1.54, 1.807) is 24.3 Å². The van der Waals surface area contributed by atoms with Gasteiger partial charge in [0.05, 0.1) is 12.6 Å². The minimum absolute atomic E-state index is 0.248. The molecule has 30 heavy (non-hydrogen) atoms. The van der Waals surface area contributed by atoms with Crippen LogP contribution in [0.25, 0.3) is 22.0 Å². The van der Waals surface area contributed by atoms with Gasteiger partial charge in [0.25, 0.3) is 10.0 Å². The van der Waals surface area contributed by atoms with Gasteiger partial charge in [-0.2, -0.15) is 5.10 Å². The van der Waals surface area contributed by atoms with E-state index in [0.29, 0.717) is 11.5 Å². The second-order valence-electron chi connectivity index (χ2n) is 6.80. The molecule has 7 nitrogen and oxygen atoms in total. The summed E-state index contributed by atoms with van der Waals surface area (Å²) >= 11 is 0. The van der Waals surface area contributed by atoms with E-state index in [4.69, 9.17) is 10.5 Å². The molecule has 1 heterocycles. The molecule has 0 bridgehead atoms. The third-order valence-corrected chi connectivity index (χ3v) is 6.18. The van der Waals surface area contributed by atoms with Crippen LogP contribution in [-0.2, 0) is 10.0 Å². The average Bonchev–Trinajstić information content (AvgIpc) is 3.10. The third kappa shape index (κ3) is 3.55. The van der Waals surface area contributed by atoms with Gasteiger partial charge < -0.3 is 10.5 Å². The number of aromatic nitrogens is 2. The third-order valence-electron chi connectivity index (χ3n) is 4.79. The van der Waals surface area contributed by atoms with Gasteiger partial charge in [0, 0.05) is 17.1 Å². The summed E-state index contributed by atoms with van der Waals surface area (Å²) in [5, 5.41) is 7.81. The summed E-state index contributed by atoms with van der Waals surface area (Å²) in [6.07, 6.45) is 0. The first-order chi connectivity index (χ1) is 14.3. The predicted molar refractivity (Wildman–Crippen MR) is 114 cm³/mol. The van der Waals surface area contributed by atoms with Gasteiger partial charge in [-0.1, -0.05) is 18.2 Å². The molecule has 4 rings (SSSR count). The van der Waals surface area contributed by atoms with Crippen LogP contribution in [0.4, 0.5) is 15.9 Å². The Morgan fingerprint density at radius 3 is 2.50 bits per heavy atom. The first-order valence-corrected chi connectivity index (χ1v) is 10.5. The van der Waals surface area contributed by atoms with E-state index in [0.717, 1.165) is 39.7 Å². The highest BCUT2D eigenvalue weighted by atomic mass is 32.2. The molecule has 0 spiro atoms. The van der Waals surface area contributed by atoms with Crippen LogP contribution >= 0.6 is 0 Å². The minimum Gasteiger partial charge on any atom is -0.497 e. The number of hydrogen-bond acceptors (Lipinski definition) is 5. The van der Waals surface area contributed by atoms with Crippen LogP contribution in [-0.4, -0.2) is 25.7 Å². The van der Waals surface area contributed by atoms with Gasteiger partial charge in [-0.05, 0) is 53.9 Å². The fourth-order valence-corrected chi connectivity index (χ4v) is 4.47. The van der Waals surface area contributed by atoms with Crippen molar-refractivity contribution in [3.05, 3.63) is 66.0 Å². The van der Waals surface area contributed by atoms with Crippen LogP contribution in [0.5, 0.6) is 5.75 Å². The minimum atomic E-state index is -4.12. The monoisotopic (exact) mass is 426 g/mol. The molecule has 0 radical (unpaired) electrons. The topological polar surface area (TPSA) is 110 Å². The normalized spacial score (nSPS) is 11.6. The molecule has 0 fully saturated rings. The largest absolute Gasteiger partial charge is 0.497 e. The quantitative estimate of drug-likeness (QED) is 0.446. The zero-order valence-corrected chi connectivity index (χ0v) is 17.0. The number of nitrogen functional groups attached to an aromatic ring is 1. The van der Waals surface area contributed by atoms with E-state index in [-0.39, 0.29) is 5.75 Å². The number of ether oxygens (including phenoxy) is 1. The van der Waals surface area contributed by atoms with Gasteiger partial charge in [-0.3, -0.25) is 9.82 Å². The molecule has 4 N–H and O–H groups in total. The lowest BCUT2D eigenvalue weighted by atomic mass is 10.0. The van der Waals surface area contributed by atoms with Crippen LogP contribution in [0.1, 0.15) is 5.56 Å². The molecule has 1 aromatic heterocycles. The average molecular weight is 426 g/mol. The number of H-pyrrole nitrogens is 1. The van der Waals surface area contributed by atoms with Crippen molar-refractivity contribution in [2.45, 2.75) is 11.8 Å². The van der Waals surface area contributed by atoms with Crippen LogP contribution in [0, 0.1) is 12.7 Å². The molecule has 0 saturated heterocycles. The molecule has 4 aromatic rings. The van der Waals surface area contributed by atoms with Crippen molar-refractivity contribution in [2.75, 3.05) is 17.6 Å². The molecule has 0 unspecified atom stereocenters. The van der Waals surface area contributed by atoms with Gasteiger partial charge >= 0.3 is 0 Å². The molecule has 0 saturated carbocycles. The van der Waals surface area contributed by atoms with E-state index in [2.05, 4.69) is 14.9 Å². The highest BCUT2D eigenvalue weighted by Crippen LogP contribution is 2.30. The van der Waals surface area contributed by atoms with Crippen molar-refractivity contribution in [1.82, 2.24) is 10.2 Å². The van der Waals surface area contributed by atoms with Gasteiger partial charge in [0.15, 0.2) is 5.82 Å². The number of aromatic amines is 1. The molecule has 154 valence electrons. The Bertz CT molecular complexity index is 1350. The molecule has 0 atom stereocenters. The van der Waals surface area contributed by atoms with Crippen LogP contribution in [0.15, 0.2) is 59.5 Å². The first-order valence-electron chi connectivity index (χ1n) is 8.99. The Kier molecular flexibility index (Phi) is 4.83. The molecule has 9 heteroatoms. The summed E-state index contributed by atoms with van der Waals surface area (Å²) in [6, 6.07) is 14.2. The SMILES string of the molecule is COc1ccc(F)c(S(=O)(=O)Nc2ccc(-c3cc(C)c4c(N)n[nH]c4c3)cc2)c1. The lowest BCUT2D eigenvalue weighted by Gasteiger charge is -2.11. The number of hydrogen-bond donors (Lipinski definition) is 3. The number of rotatable bonds is 5. The van der Waals surface area contributed by atoms with E-state index >= 15 is 0 Å². The smallest absolute Gasteiger partial charge is 0.264 e. The summed E-state index contributed by atoms with van der Waals surface area (Å²) in [4.78, 5) is -0.483. The van der Waals surface area contributed by atoms with Gasteiger partial charge in [0.1, 0.15) is 16.5 Å². The lowest BCUT2D eigenvalue weighted by Crippen LogP contribution is -2.14. The highest BCUT2D eigenvalue weighted by molar-refractivity contribution is 7.92. The number of fused-ring (bicyclic) bond motifs is 1. The Hall–Kier alpha value is -3.59. The molecular weight excluding hydrogens is 407 g/mol. The van der Waals surface area contributed by atoms with Gasteiger partial charge in [0.2, 0.25) is 0 Å². The second kappa shape index (κ2) is 7.34. The predicted octanol–water partition coefficient (Wildman–Crippen LogP) is 4.07. The van der Waals surface area contributed by atoms with Crippen molar-refractivity contribution >= 4 is 32.4 Å². The van der Waals surface area contributed by atoms with Crippen molar-refractivity contribution in [3.63, 3.8) is 0 Å². The number of methoxy groups -OCH3 is 1. The van der Waals surface area contributed by atoms with Crippen molar-refractivity contribution < 1.29 is 17.5 Å². The van der Waals surface area contributed by atoms with Crippen molar-refractivity contribution in [1.29, 1.82) is 0 Å². The molecule has 0 aliphatic heterocycles. The highest BCUT2D eigenvalue weighted by Gasteiger charge is 2.20. The maximum Gasteiger partial charge on any atom is 0.264 e. The number of aryl methyl sites for hydroxylation is 1. The standard InChI is InChI=1S/C21H19FN4O3S/c1-12-9-14(10-18-20(12)21(23)25-24-18)13-3-5-15(6-4-13)26-30(27,28)19-11-16(29-2)7-8-17(19)22/h3-11,26H,1-2H3,(H3,23,24,25). The fourth-order valence-electron chi connectivity index (χ4n) is 3.32. The summed E-state index contributed by atoms with van der Waals surface area (Å²) in [5.74, 6) is -0.163. The maximum atomic E-state index is 14.1. The molecule has 0 aliphatic rings. The lowest BCUT2D eigenvalue weighted by molar-refractivity contribution is 0.411. The molecule has 0 aliphatic carbocycles. The van der Waals surface area contributed by atoms with E-state index in [9.17, 15) is 12.8 Å². The number of halogens is 1. The van der Waals surface area contributed by atoms with E-state index in [1.165, 1.54) is 13.2 Å². The molecular formula is C21H19FN4O3S. The zero-order chi connectivity index (χ0) is 21.5. The van der Waals surface area contributed by atoms with Crippen molar-refractivity contribution in [3.8, 4) is 16.9 Å². The number of benzene rings is 3. The number of sulfonamides is 1. The Morgan fingerprint density at radius 2 is 1.80 bits per heavy atom. The van der Waals surface area contributed by atoms with E-state index in [1.807, 2.05) is 19.1 Å². The Labute approximate surface area is 172 Å². The number of nitrogens with one attached hydrogen (secondary N) is 2. The van der Waals surface area contributed by atoms with Gasteiger partial charge in [-0.25, -0.2) is 12.8 Å². The Balaban J connectivity index is 1.63. The first kappa shape index (κ1) is 19.7. The maximum absolute atomic E-state index is 14.1. The summed E-state index contributed by atoms with van der Waals surface area (Å²) in [5.41, 5.74) is 9.79. The van der Waals surface area contributed by atoms with Gasteiger partial charge in [-0.15, -0.1) is 0 Å². The molecule has 0 amide bonds. The number of nitrogens with two attached hydrogens (primary N) is 1. The second-order valence-corrected chi connectivity index (χ2v) is 8.45. The molecule has 3 aromatic carbocycles. The van der Waals surface area contributed by atoms with Crippen LogP contribution in [0.2, 0.25) is 0 Å². The van der Waals surface area contributed by atoms with Crippen molar-refractivity contribution in [2.24, 2.45) is 0 Å². The Morgan fingerprint density at radius 1 is 1.07 bits per heavy atom. The zero-order valence-electron chi connectivity index (χ0n) is 16.2. The van der Waals surface area contributed by atoms with Crippen LogP contribution < -0.4 is 15.2 Å². The summed E-state index contributed by atoms with van der Waals surface area (Å²) < 4.78 is 46.7. The van der Waals surface area contributed by atoms with Crippen LogP contribution in [0.3, 0.4) is 0 Å². The number of nitrogens with zero attached hydrogens (tertiary/aromatic N) is 1.